The van der Waals surface area contributed by atoms with Crippen LogP contribution < -0.4 is 5.43 Å². The van der Waals surface area contributed by atoms with Gasteiger partial charge in [-0.25, -0.2) is 8.78 Å². The van der Waals surface area contributed by atoms with Gasteiger partial charge in [0.15, 0.2) is 17.1 Å². The zero-order chi connectivity index (χ0) is 44.9. The first kappa shape index (κ1) is 27.1. The first-order valence-corrected chi connectivity index (χ1v) is 16.9. The largest absolute Gasteiger partial charge is 0.416 e. The van der Waals surface area contributed by atoms with Crippen LogP contribution in [0.1, 0.15) is 41.8 Å². The molecule has 0 bridgehead atoms. The molecule has 0 atom stereocenters. The smallest absolute Gasteiger partial charge is 0.383 e. The lowest BCUT2D eigenvalue weighted by Gasteiger charge is -2.39. The second-order valence-electron chi connectivity index (χ2n) is 11.7. The molecule has 1 amide bonds. The molecule has 0 saturated carbocycles. The highest BCUT2D eigenvalue weighted by atomic mass is 32.2. The lowest BCUT2D eigenvalue weighted by atomic mass is 10.00. The molecule has 272 valence electrons. The Kier molecular flexibility index (Phi) is 8.58. The molecule has 4 aromatic carbocycles. The van der Waals surface area contributed by atoms with Crippen LogP contribution in [0.5, 0.6) is 0 Å². The number of piperidine rings is 1. The number of aromatic nitrogens is 1. The predicted molar refractivity (Wildman–Crippen MR) is 193 cm³/mol. The molecule has 1 aliphatic heterocycles. The molecule has 6 rings (SSSR count). The van der Waals surface area contributed by atoms with E-state index in [1.54, 1.807) is 12.1 Å². The summed E-state index contributed by atoms with van der Waals surface area (Å²) in [5.41, 5.74) is -0.436. The number of likely N-dealkylation sites (tertiary alicyclic amines) is 1. The minimum absolute atomic E-state index is 0.0339. The van der Waals surface area contributed by atoms with Crippen molar-refractivity contribution in [3.8, 4) is 11.1 Å². The van der Waals surface area contributed by atoms with Crippen LogP contribution in [0.25, 0.3) is 22.0 Å². The van der Waals surface area contributed by atoms with Crippen LogP contribution in [0.15, 0.2) is 107 Å². The van der Waals surface area contributed by atoms with E-state index < -0.39 is 86.1 Å². The molecular weight excluding hydrogens is 698 g/mol. The van der Waals surface area contributed by atoms with Crippen LogP contribution in [0.4, 0.5) is 22.0 Å². The Morgan fingerprint density at radius 1 is 0.962 bits per heavy atom. The molecule has 0 N–H and O–H groups in total. The molecule has 12 heteroatoms. The molecule has 0 spiro atoms. The van der Waals surface area contributed by atoms with E-state index in [0.717, 1.165) is 36.0 Å². The van der Waals surface area contributed by atoms with Gasteiger partial charge in [-0.1, -0.05) is 60.7 Å². The Morgan fingerprint density at radius 2 is 1.63 bits per heavy atom. The molecular formula is C40H38F5N3O3S. The molecule has 1 saturated heterocycles. The van der Waals surface area contributed by atoms with Gasteiger partial charge in [-0.05, 0) is 59.8 Å². The average molecular weight is 745 g/mol. The fourth-order valence-electron chi connectivity index (χ4n) is 5.48. The predicted octanol–water partition coefficient (Wildman–Crippen LogP) is 8.40. The number of thioether (sulfide) groups is 1. The highest BCUT2D eigenvalue weighted by Gasteiger charge is 2.31. The number of alkyl halides is 3. The number of hydrogen-bond acceptors (Lipinski definition) is 5. The van der Waals surface area contributed by atoms with Gasteiger partial charge in [0.1, 0.15) is 6.54 Å². The van der Waals surface area contributed by atoms with Crippen molar-refractivity contribution in [3.05, 3.63) is 136 Å². The number of carbonyl (C=O) groups is 1. The summed E-state index contributed by atoms with van der Waals surface area (Å²) in [6.45, 7) is -9.62. The third-order valence-electron chi connectivity index (χ3n) is 8.23. The van der Waals surface area contributed by atoms with Crippen molar-refractivity contribution < 1.29 is 43.8 Å². The van der Waals surface area contributed by atoms with Crippen LogP contribution in [0.2, 0.25) is 0 Å². The van der Waals surface area contributed by atoms with Gasteiger partial charge in [-0.15, -0.1) is 11.8 Å². The third kappa shape index (κ3) is 8.74. The van der Waals surface area contributed by atoms with Crippen LogP contribution >= 0.6 is 11.8 Å². The summed E-state index contributed by atoms with van der Waals surface area (Å²) in [5, 5.41) is 0.138. The fraction of sp³-hybridized carbons (Fsp3) is 0.300. The SMILES string of the molecule is [2H]C1([2H])N(CCOC)C([2H])([2H])C([2H])([2H])C([2H])(N(Cc2ccc(-c3ccc(C(F)(F)F)cc3)cc2)C(=O)Cn2c(SCc3cccc(F)c3F)cc(=O)c3ccccc32)C1([2H])[2H]. The van der Waals surface area contributed by atoms with E-state index in [4.69, 9.17) is 10.2 Å². The average Bonchev–Trinajstić information content (AvgIpc) is 3.20. The number of halogens is 5. The number of nitrogens with zero attached hydrogens (tertiary/aromatic N) is 3. The first-order chi connectivity index (χ1) is 28.4. The van der Waals surface area contributed by atoms with Crippen molar-refractivity contribution in [2.24, 2.45) is 0 Å². The number of benzene rings is 4. The number of hydrogen-bond donors (Lipinski definition) is 0. The number of fused-ring (bicyclic) bond motifs is 1. The van der Waals surface area contributed by atoms with Crippen LogP contribution in [0, 0.1) is 11.6 Å². The monoisotopic (exact) mass is 744 g/mol. The minimum atomic E-state index is -4.58. The number of methoxy groups -OCH3 is 1. The molecule has 1 aromatic heterocycles. The molecule has 0 radical (unpaired) electrons. The van der Waals surface area contributed by atoms with Crippen molar-refractivity contribution in [3.63, 3.8) is 0 Å². The maximum absolute atomic E-state index is 15.0. The zero-order valence-electron chi connectivity index (χ0n) is 36.6. The number of para-hydroxylation sites is 1. The molecule has 52 heavy (non-hydrogen) atoms. The fourth-order valence-corrected chi connectivity index (χ4v) is 6.51. The Hall–Kier alpha value is -4.52. The Morgan fingerprint density at radius 3 is 2.31 bits per heavy atom. The summed E-state index contributed by atoms with van der Waals surface area (Å²) < 4.78 is 157. The summed E-state index contributed by atoms with van der Waals surface area (Å²) in [5.74, 6) is -3.73. The maximum Gasteiger partial charge on any atom is 0.416 e. The molecule has 6 nitrogen and oxygen atoms in total. The van der Waals surface area contributed by atoms with Crippen molar-refractivity contribution in [2.45, 2.75) is 48.8 Å². The summed E-state index contributed by atoms with van der Waals surface area (Å²) in [6.07, 6.45) is -12.0. The Balaban J connectivity index is 1.49. The van der Waals surface area contributed by atoms with E-state index in [1.165, 1.54) is 72.3 Å². The summed E-state index contributed by atoms with van der Waals surface area (Å²) in [6, 6.07) is 17.0. The van der Waals surface area contributed by atoms with Gasteiger partial charge in [-0.2, -0.15) is 13.2 Å². The maximum atomic E-state index is 15.0. The standard InChI is InChI=1S/C40H38F5N3O3S/c1-51-22-21-46-19-17-32(18-20-46)47(24-27-9-11-28(12-10-27)29-13-15-31(16-14-29)40(43,44)45)37(50)25-48-35-8-3-2-6-33(35)36(49)23-38(48)52-26-30-5-4-7-34(41)39(30)42/h2-16,23,32H,17-22,24-26H2,1H3/i17D2,18D2,19D2,20D2,32D. The van der Waals surface area contributed by atoms with E-state index in [9.17, 15) is 33.6 Å². The van der Waals surface area contributed by atoms with E-state index in [2.05, 4.69) is 0 Å². The third-order valence-corrected chi connectivity index (χ3v) is 9.32. The number of rotatable bonds is 12. The van der Waals surface area contributed by atoms with Crippen LogP contribution in [-0.2, 0) is 34.6 Å². The van der Waals surface area contributed by atoms with E-state index >= 15 is 4.79 Å². The van der Waals surface area contributed by atoms with Gasteiger partial charge in [0.25, 0.3) is 0 Å². The van der Waals surface area contributed by atoms with Crippen molar-refractivity contribution >= 4 is 28.6 Å². The lowest BCUT2D eigenvalue weighted by Crippen LogP contribution is -2.48. The van der Waals surface area contributed by atoms with Gasteiger partial charge in [0, 0.05) is 72.9 Å². The highest BCUT2D eigenvalue weighted by Crippen LogP contribution is 2.32. The molecule has 0 unspecified atom stereocenters. The Bertz CT molecular complexity index is 2460. The topological polar surface area (TPSA) is 54.8 Å². The Labute approximate surface area is 315 Å². The van der Waals surface area contributed by atoms with Crippen LogP contribution in [-0.4, -0.2) is 59.5 Å². The molecule has 2 heterocycles. The van der Waals surface area contributed by atoms with E-state index in [0.29, 0.717) is 16.0 Å². The summed E-state index contributed by atoms with van der Waals surface area (Å²) in [4.78, 5) is 29.0. The number of carbonyl (C=O) groups excluding carboxylic acids is 1. The number of pyridine rings is 1. The summed E-state index contributed by atoms with van der Waals surface area (Å²) in [7, 11) is 1.22. The highest BCUT2D eigenvalue weighted by molar-refractivity contribution is 7.98. The molecule has 0 aliphatic carbocycles. The van der Waals surface area contributed by atoms with E-state index in [1.807, 2.05) is 0 Å². The van der Waals surface area contributed by atoms with Crippen molar-refractivity contribution in [2.75, 3.05) is 33.3 Å². The second kappa shape index (κ2) is 16.4. The van der Waals surface area contributed by atoms with Gasteiger partial charge in [-0.3, -0.25) is 9.59 Å². The lowest BCUT2D eigenvalue weighted by molar-refractivity contribution is -0.137. The normalized spacial score (nSPS) is 21.2. The zero-order valence-corrected chi connectivity index (χ0v) is 28.5. The summed E-state index contributed by atoms with van der Waals surface area (Å²) >= 11 is 0.843. The van der Waals surface area contributed by atoms with Gasteiger partial charge in [0.05, 0.1) is 24.1 Å². The van der Waals surface area contributed by atoms with Gasteiger partial charge in [0.2, 0.25) is 5.91 Å². The first-order valence-electron chi connectivity index (χ1n) is 20.4. The van der Waals surface area contributed by atoms with Crippen LogP contribution in [0.3, 0.4) is 0 Å². The minimum Gasteiger partial charge on any atom is -0.383 e. The van der Waals surface area contributed by atoms with Gasteiger partial charge < -0.3 is 19.1 Å². The quantitative estimate of drug-likeness (QED) is 0.0950. The number of amides is 1. The van der Waals surface area contributed by atoms with Crippen molar-refractivity contribution in [1.29, 1.82) is 0 Å². The number of ether oxygens (including phenoxy) is 1. The van der Waals surface area contributed by atoms with E-state index in [-0.39, 0.29) is 44.3 Å². The van der Waals surface area contributed by atoms with Gasteiger partial charge >= 0.3 is 6.18 Å². The molecule has 1 fully saturated rings. The molecule has 5 aromatic rings. The molecule has 1 aliphatic rings. The second-order valence-corrected chi connectivity index (χ2v) is 12.7. The van der Waals surface area contributed by atoms with Crippen molar-refractivity contribution in [1.82, 2.24) is 14.4 Å².